The Morgan fingerprint density at radius 1 is 1.29 bits per heavy atom. The normalized spacial score (nSPS) is 11.7. The number of rotatable bonds is 5. The minimum atomic E-state index is -0.503. The van der Waals surface area contributed by atoms with E-state index in [1.807, 2.05) is 0 Å². The van der Waals surface area contributed by atoms with Crippen molar-refractivity contribution in [3.05, 3.63) is 29.8 Å². The van der Waals surface area contributed by atoms with E-state index in [0.717, 1.165) is 5.56 Å². The fourth-order valence-corrected chi connectivity index (χ4v) is 1.12. The summed E-state index contributed by atoms with van der Waals surface area (Å²) in [5.41, 5.74) is 0.884. The van der Waals surface area contributed by atoms with E-state index >= 15 is 0 Å². The number of aldehydes is 1. The van der Waals surface area contributed by atoms with Gasteiger partial charge in [0, 0.05) is 0 Å². The molecular weight excluding hydrogens is 182 g/mol. The summed E-state index contributed by atoms with van der Waals surface area (Å²) in [5, 5.41) is 11.4. The summed E-state index contributed by atoms with van der Waals surface area (Å²) in [6.45, 7) is 0. The van der Waals surface area contributed by atoms with Crippen LogP contribution in [0.4, 0.5) is 0 Å². The number of aromatic hydroxyl groups is 1. The highest BCUT2D eigenvalue weighted by atomic mass is 16.3. The van der Waals surface area contributed by atoms with Gasteiger partial charge in [0.2, 0.25) is 6.41 Å². The van der Waals surface area contributed by atoms with Crippen molar-refractivity contribution in [2.75, 3.05) is 0 Å². The van der Waals surface area contributed by atoms with Gasteiger partial charge in [-0.1, -0.05) is 12.1 Å². The van der Waals surface area contributed by atoms with Gasteiger partial charge in [-0.3, -0.25) is 4.79 Å². The average Bonchev–Trinajstić information content (AvgIpc) is 2.20. The lowest BCUT2D eigenvalue weighted by Crippen LogP contribution is -2.31. The van der Waals surface area contributed by atoms with Crippen LogP contribution in [0.25, 0.3) is 0 Å². The highest BCUT2D eigenvalue weighted by Gasteiger charge is 2.05. The molecule has 2 N–H and O–H groups in total. The van der Waals surface area contributed by atoms with Gasteiger partial charge in [-0.25, -0.2) is 0 Å². The van der Waals surface area contributed by atoms with Gasteiger partial charge in [0.25, 0.3) is 0 Å². The molecule has 1 amide bonds. The van der Waals surface area contributed by atoms with E-state index in [9.17, 15) is 9.59 Å². The molecule has 0 spiro atoms. The van der Waals surface area contributed by atoms with Crippen LogP contribution in [0.2, 0.25) is 0 Å². The van der Waals surface area contributed by atoms with E-state index < -0.39 is 6.04 Å². The molecule has 1 unspecified atom stereocenters. The second-order valence-electron chi connectivity index (χ2n) is 2.90. The molecule has 14 heavy (non-hydrogen) atoms. The molecule has 4 heteroatoms. The number of hydrogen-bond donors (Lipinski definition) is 2. The summed E-state index contributed by atoms with van der Waals surface area (Å²) in [6.07, 6.45) is 1.61. The third-order valence-electron chi connectivity index (χ3n) is 1.84. The van der Waals surface area contributed by atoms with Gasteiger partial charge >= 0.3 is 0 Å². The van der Waals surface area contributed by atoms with Gasteiger partial charge < -0.3 is 15.2 Å². The fraction of sp³-hybridized carbons (Fsp3) is 0.200. The predicted molar refractivity (Wildman–Crippen MR) is 50.9 cm³/mol. The number of phenolic OH excluding ortho intramolecular Hbond substituents is 1. The van der Waals surface area contributed by atoms with E-state index in [2.05, 4.69) is 5.32 Å². The SMILES string of the molecule is O=CNC(C=O)Cc1ccc(O)cc1. The van der Waals surface area contributed by atoms with Crippen molar-refractivity contribution in [2.45, 2.75) is 12.5 Å². The molecule has 0 bridgehead atoms. The lowest BCUT2D eigenvalue weighted by atomic mass is 10.1. The van der Waals surface area contributed by atoms with Crippen molar-refractivity contribution in [1.82, 2.24) is 5.32 Å². The monoisotopic (exact) mass is 193 g/mol. The smallest absolute Gasteiger partial charge is 0.207 e. The van der Waals surface area contributed by atoms with Gasteiger partial charge in [0.05, 0.1) is 6.04 Å². The second kappa shape index (κ2) is 5.01. The maximum absolute atomic E-state index is 10.5. The van der Waals surface area contributed by atoms with Crippen LogP contribution < -0.4 is 5.32 Å². The highest BCUT2D eigenvalue weighted by molar-refractivity contribution is 5.64. The van der Waals surface area contributed by atoms with E-state index in [4.69, 9.17) is 5.11 Å². The van der Waals surface area contributed by atoms with E-state index in [1.54, 1.807) is 12.1 Å². The zero-order chi connectivity index (χ0) is 10.4. The molecule has 0 fully saturated rings. The summed E-state index contributed by atoms with van der Waals surface area (Å²) in [4.78, 5) is 20.6. The van der Waals surface area contributed by atoms with Crippen LogP contribution in [-0.4, -0.2) is 23.8 Å². The van der Waals surface area contributed by atoms with Gasteiger partial charge in [0.15, 0.2) is 0 Å². The van der Waals surface area contributed by atoms with Crippen molar-refractivity contribution in [2.24, 2.45) is 0 Å². The maximum atomic E-state index is 10.5. The molecule has 1 atom stereocenters. The molecule has 0 saturated carbocycles. The first-order chi connectivity index (χ1) is 6.76. The van der Waals surface area contributed by atoms with Crippen molar-refractivity contribution in [3.63, 3.8) is 0 Å². The molecule has 74 valence electrons. The number of carbonyl (C=O) groups excluding carboxylic acids is 2. The quantitative estimate of drug-likeness (QED) is 0.659. The third kappa shape index (κ3) is 2.90. The minimum absolute atomic E-state index is 0.180. The molecule has 0 aliphatic rings. The molecule has 1 aromatic carbocycles. The van der Waals surface area contributed by atoms with Crippen LogP contribution in [0.3, 0.4) is 0 Å². The Morgan fingerprint density at radius 2 is 1.93 bits per heavy atom. The predicted octanol–water partition coefficient (Wildman–Crippen LogP) is 0.248. The molecule has 0 aromatic heterocycles. The van der Waals surface area contributed by atoms with Crippen LogP contribution in [0.15, 0.2) is 24.3 Å². The number of carbonyl (C=O) groups is 2. The molecule has 0 aliphatic carbocycles. The van der Waals surface area contributed by atoms with Gasteiger partial charge in [-0.05, 0) is 24.1 Å². The Morgan fingerprint density at radius 3 is 2.43 bits per heavy atom. The summed E-state index contributed by atoms with van der Waals surface area (Å²) < 4.78 is 0. The standard InChI is InChI=1S/C10H11NO3/c12-6-9(11-7-13)5-8-1-3-10(14)4-2-8/h1-4,6-7,9,14H,5H2,(H,11,13). The maximum Gasteiger partial charge on any atom is 0.207 e. The molecule has 1 rings (SSSR count). The molecule has 0 heterocycles. The third-order valence-corrected chi connectivity index (χ3v) is 1.84. The number of benzene rings is 1. The zero-order valence-electron chi connectivity index (χ0n) is 7.51. The summed E-state index contributed by atoms with van der Waals surface area (Å²) in [6, 6.07) is 5.99. The second-order valence-corrected chi connectivity index (χ2v) is 2.90. The van der Waals surface area contributed by atoms with Crippen LogP contribution in [0.1, 0.15) is 5.56 Å². The topological polar surface area (TPSA) is 66.4 Å². The van der Waals surface area contributed by atoms with E-state index in [0.29, 0.717) is 19.1 Å². The first kappa shape index (κ1) is 10.2. The Labute approximate surface area is 81.6 Å². The van der Waals surface area contributed by atoms with E-state index in [1.165, 1.54) is 12.1 Å². The number of phenols is 1. The van der Waals surface area contributed by atoms with Gasteiger partial charge in [-0.15, -0.1) is 0 Å². The molecule has 0 radical (unpaired) electrons. The zero-order valence-corrected chi connectivity index (χ0v) is 7.51. The molecule has 1 aromatic rings. The summed E-state index contributed by atoms with van der Waals surface area (Å²) in [7, 11) is 0. The van der Waals surface area contributed by atoms with Gasteiger partial charge in [-0.2, -0.15) is 0 Å². The van der Waals surface area contributed by atoms with Crippen LogP contribution in [0.5, 0.6) is 5.75 Å². The Balaban J connectivity index is 2.62. The van der Waals surface area contributed by atoms with Crippen molar-refractivity contribution in [1.29, 1.82) is 0 Å². The lowest BCUT2D eigenvalue weighted by molar-refractivity contribution is -0.115. The first-order valence-corrected chi connectivity index (χ1v) is 4.19. The van der Waals surface area contributed by atoms with Crippen LogP contribution in [-0.2, 0) is 16.0 Å². The number of nitrogens with one attached hydrogen (secondary N) is 1. The lowest BCUT2D eigenvalue weighted by Gasteiger charge is -2.08. The first-order valence-electron chi connectivity index (χ1n) is 4.19. The highest BCUT2D eigenvalue weighted by Crippen LogP contribution is 2.10. The number of hydrogen-bond acceptors (Lipinski definition) is 3. The summed E-state index contributed by atoms with van der Waals surface area (Å²) in [5.74, 6) is 0.180. The van der Waals surface area contributed by atoms with Gasteiger partial charge in [0.1, 0.15) is 12.0 Å². The van der Waals surface area contributed by atoms with Crippen molar-refractivity contribution >= 4 is 12.7 Å². The molecule has 0 aliphatic heterocycles. The Kier molecular flexibility index (Phi) is 3.67. The fourth-order valence-electron chi connectivity index (χ4n) is 1.12. The average molecular weight is 193 g/mol. The minimum Gasteiger partial charge on any atom is -0.508 e. The van der Waals surface area contributed by atoms with E-state index in [-0.39, 0.29) is 5.75 Å². The Hall–Kier alpha value is -1.84. The number of amides is 1. The largest absolute Gasteiger partial charge is 0.508 e. The molecular formula is C10H11NO3. The summed E-state index contributed by atoms with van der Waals surface area (Å²) >= 11 is 0. The van der Waals surface area contributed by atoms with Crippen LogP contribution >= 0.6 is 0 Å². The van der Waals surface area contributed by atoms with Crippen molar-refractivity contribution < 1.29 is 14.7 Å². The van der Waals surface area contributed by atoms with Crippen molar-refractivity contribution in [3.8, 4) is 5.75 Å². The molecule has 0 saturated heterocycles. The molecule has 4 nitrogen and oxygen atoms in total. The Bertz CT molecular complexity index is 308. The van der Waals surface area contributed by atoms with Crippen LogP contribution in [0, 0.1) is 0 Å².